The first kappa shape index (κ1) is 31.6. The van der Waals surface area contributed by atoms with E-state index in [4.69, 9.17) is 9.26 Å². The van der Waals surface area contributed by atoms with E-state index in [1.54, 1.807) is 4.90 Å². The summed E-state index contributed by atoms with van der Waals surface area (Å²) in [4.78, 5) is 44.3. The quantitative estimate of drug-likeness (QED) is 0.251. The zero-order chi connectivity index (χ0) is 32.5. The molecule has 0 aliphatic carbocycles. The summed E-state index contributed by atoms with van der Waals surface area (Å²) in [6, 6.07) is 11.5. The molecule has 45 heavy (non-hydrogen) atoms. The second-order valence-corrected chi connectivity index (χ2v) is 13.4. The van der Waals surface area contributed by atoms with Gasteiger partial charge in [0.1, 0.15) is 23.6 Å². The molecule has 5 rings (SSSR count). The fourth-order valence-electron chi connectivity index (χ4n) is 4.88. The monoisotopic (exact) mass is 612 g/mol. The number of carbonyl (C=O) groups is 2. The highest BCUT2D eigenvalue weighted by atomic mass is 16.6. The molecule has 1 aliphatic heterocycles. The lowest BCUT2D eigenvalue weighted by atomic mass is 9.93. The molecule has 0 bridgehead atoms. The van der Waals surface area contributed by atoms with Gasteiger partial charge >= 0.3 is 17.9 Å². The number of anilines is 2. The summed E-state index contributed by atoms with van der Waals surface area (Å²) < 4.78 is 10.6. The van der Waals surface area contributed by atoms with E-state index in [1.165, 1.54) is 6.33 Å². The molecule has 0 spiro atoms. The lowest BCUT2D eigenvalue weighted by Gasteiger charge is -2.39. The Hall–Kier alpha value is -4.87. The van der Waals surface area contributed by atoms with E-state index in [0.717, 1.165) is 27.9 Å². The van der Waals surface area contributed by atoms with Gasteiger partial charge in [0, 0.05) is 42.2 Å². The smallest absolute Gasteiger partial charge is 0.410 e. The Labute approximate surface area is 263 Å². The van der Waals surface area contributed by atoms with Crippen LogP contribution in [0.25, 0.3) is 11.3 Å². The third-order valence-electron chi connectivity index (χ3n) is 7.38. The molecule has 12 nitrogen and oxygen atoms in total. The van der Waals surface area contributed by atoms with Gasteiger partial charge in [-0.25, -0.2) is 19.7 Å². The SMILES string of the molecule is Cc1cc(-c2cc(Nc3ccc(C4CN(C(=O)OC(C)(C)C)C4)cn3)ncn2)ccc1[C@@H](C)NC(=O)c1nc(C(C)(C)C)no1. The zero-order valence-corrected chi connectivity index (χ0v) is 27.0. The first-order chi connectivity index (χ1) is 21.2. The first-order valence-corrected chi connectivity index (χ1v) is 15.0. The van der Waals surface area contributed by atoms with Crippen molar-refractivity contribution in [2.75, 3.05) is 18.4 Å². The van der Waals surface area contributed by atoms with Crippen LogP contribution in [0.2, 0.25) is 0 Å². The van der Waals surface area contributed by atoms with Crippen molar-refractivity contribution < 1.29 is 18.8 Å². The highest BCUT2D eigenvalue weighted by Gasteiger charge is 2.34. The minimum atomic E-state index is -0.507. The van der Waals surface area contributed by atoms with Crippen LogP contribution in [0, 0.1) is 6.92 Å². The van der Waals surface area contributed by atoms with Crippen molar-refractivity contribution in [3.8, 4) is 11.3 Å². The Morgan fingerprint density at radius 3 is 2.38 bits per heavy atom. The Morgan fingerprint density at radius 2 is 1.76 bits per heavy atom. The van der Waals surface area contributed by atoms with Crippen molar-refractivity contribution >= 4 is 23.6 Å². The average Bonchev–Trinajstić information content (AvgIpc) is 3.44. The second kappa shape index (κ2) is 12.3. The molecule has 1 aliphatic rings. The number of aryl methyl sites for hydroxylation is 1. The Balaban J connectivity index is 1.19. The maximum Gasteiger partial charge on any atom is 0.410 e. The first-order valence-electron chi connectivity index (χ1n) is 15.0. The van der Waals surface area contributed by atoms with Gasteiger partial charge in [0.15, 0.2) is 5.82 Å². The predicted octanol–water partition coefficient (Wildman–Crippen LogP) is 6.10. The molecule has 1 atom stereocenters. The molecule has 0 unspecified atom stereocenters. The average molecular weight is 613 g/mol. The van der Waals surface area contributed by atoms with Gasteiger partial charge in [-0.05, 0) is 63.4 Å². The molecule has 12 heteroatoms. The number of pyridine rings is 1. The lowest BCUT2D eigenvalue weighted by molar-refractivity contribution is 0.00815. The molecular formula is C33H40N8O4. The van der Waals surface area contributed by atoms with Crippen LogP contribution in [0.5, 0.6) is 0 Å². The Bertz CT molecular complexity index is 1680. The van der Waals surface area contributed by atoms with Crippen LogP contribution < -0.4 is 10.6 Å². The molecule has 2 N–H and O–H groups in total. The Kier molecular flexibility index (Phi) is 8.59. The maximum absolute atomic E-state index is 12.7. The van der Waals surface area contributed by atoms with E-state index in [2.05, 4.69) is 35.7 Å². The fourth-order valence-corrected chi connectivity index (χ4v) is 4.88. The van der Waals surface area contributed by atoms with Crippen molar-refractivity contribution in [2.24, 2.45) is 0 Å². The summed E-state index contributed by atoms with van der Waals surface area (Å²) in [5.41, 5.74) is 3.85. The summed E-state index contributed by atoms with van der Waals surface area (Å²) >= 11 is 0. The zero-order valence-electron chi connectivity index (χ0n) is 27.0. The number of rotatable bonds is 7. The molecular weight excluding hydrogens is 572 g/mol. The van der Waals surface area contributed by atoms with Gasteiger partial charge in [-0.3, -0.25) is 4.79 Å². The van der Waals surface area contributed by atoms with Crippen LogP contribution in [0.3, 0.4) is 0 Å². The van der Waals surface area contributed by atoms with E-state index in [-0.39, 0.29) is 29.4 Å². The van der Waals surface area contributed by atoms with Gasteiger partial charge < -0.3 is 24.8 Å². The van der Waals surface area contributed by atoms with Crippen molar-refractivity contribution in [3.05, 3.63) is 77.3 Å². The molecule has 1 aromatic carbocycles. The van der Waals surface area contributed by atoms with Crippen LogP contribution in [0.1, 0.15) is 93.6 Å². The highest BCUT2D eigenvalue weighted by molar-refractivity contribution is 5.89. The number of amides is 2. The van der Waals surface area contributed by atoms with Gasteiger partial charge in [-0.15, -0.1) is 0 Å². The molecule has 3 aromatic heterocycles. The van der Waals surface area contributed by atoms with E-state index in [9.17, 15) is 9.59 Å². The number of ether oxygens (including phenoxy) is 1. The number of likely N-dealkylation sites (tertiary alicyclic amines) is 1. The second-order valence-electron chi connectivity index (χ2n) is 13.4. The number of hydrogen-bond acceptors (Lipinski definition) is 10. The van der Waals surface area contributed by atoms with Crippen LogP contribution in [0.15, 0.2) is 53.4 Å². The third kappa shape index (κ3) is 7.62. The fraction of sp³-hybridized carbons (Fsp3) is 0.424. The summed E-state index contributed by atoms with van der Waals surface area (Å²) in [5.74, 6) is 1.49. The molecule has 0 radical (unpaired) electrons. The highest BCUT2D eigenvalue weighted by Crippen LogP contribution is 2.30. The van der Waals surface area contributed by atoms with E-state index < -0.39 is 11.5 Å². The summed E-state index contributed by atoms with van der Waals surface area (Å²) in [6.45, 7) is 16.6. The van der Waals surface area contributed by atoms with Gasteiger partial charge in [-0.2, -0.15) is 4.98 Å². The molecule has 0 saturated carbocycles. The van der Waals surface area contributed by atoms with Gasteiger partial charge in [0.05, 0.1) is 11.7 Å². The van der Waals surface area contributed by atoms with E-state index in [1.807, 2.05) is 98.0 Å². The van der Waals surface area contributed by atoms with Crippen molar-refractivity contribution in [1.29, 1.82) is 0 Å². The molecule has 4 aromatic rings. The summed E-state index contributed by atoms with van der Waals surface area (Å²) in [6.07, 6.45) is 3.05. The van der Waals surface area contributed by atoms with Crippen molar-refractivity contribution in [2.45, 2.75) is 78.4 Å². The van der Waals surface area contributed by atoms with Crippen LogP contribution in [0.4, 0.5) is 16.4 Å². The maximum atomic E-state index is 12.7. The molecule has 236 valence electrons. The van der Waals surface area contributed by atoms with Crippen LogP contribution in [-0.4, -0.2) is 60.7 Å². The summed E-state index contributed by atoms with van der Waals surface area (Å²) in [7, 11) is 0. The largest absolute Gasteiger partial charge is 0.444 e. The molecule has 4 heterocycles. The number of aromatic nitrogens is 5. The minimum Gasteiger partial charge on any atom is -0.444 e. The number of benzene rings is 1. The van der Waals surface area contributed by atoms with Gasteiger partial charge in [0.2, 0.25) is 0 Å². The number of nitrogens with zero attached hydrogens (tertiary/aromatic N) is 6. The summed E-state index contributed by atoms with van der Waals surface area (Å²) in [5, 5.41) is 10.1. The molecule has 2 amide bonds. The van der Waals surface area contributed by atoms with Gasteiger partial charge in [-0.1, -0.05) is 44.1 Å². The van der Waals surface area contributed by atoms with Crippen LogP contribution in [-0.2, 0) is 10.2 Å². The van der Waals surface area contributed by atoms with Gasteiger partial charge in [0.25, 0.3) is 0 Å². The third-order valence-corrected chi connectivity index (χ3v) is 7.38. The lowest BCUT2D eigenvalue weighted by Crippen LogP contribution is -2.50. The normalized spacial score (nSPS) is 14.4. The van der Waals surface area contributed by atoms with Crippen molar-refractivity contribution in [1.82, 2.24) is 35.3 Å². The van der Waals surface area contributed by atoms with Crippen LogP contribution >= 0.6 is 0 Å². The minimum absolute atomic E-state index is 0.0564. The number of carbonyl (C=O) groups excluding carboxylic acids is 2. The topological polar surface area (TPSA) is 148 Å². The standard InChI is InChI=1S/C33H40N8O4/c1-19-13-21(9-11-24(19)20(2)37-28(42)29-39-30(40-45-29)32(3,4)5)25-14-27(36-18-35-25)38-26-12-10-22(15-34-26)23-16-41(17-23)31(43)44-33(6,7)8/h9-15,18,20,23H,16-17H2,1-8H3,(H,37,42)(H,34,35,36,38)/t20-/m1/s1. The Morgan fingerprint density at radius 1 is 1.00 bits per heavy atom. The number of hydrogen-bond donors (Lipinski definition) is 2. The van der Waals surface area contributed by atoms with Crippen molar-refractivity contribution in [3.63, 3.8) is 0 Å². The number of nitrogens with one attached hydrogen (secondary N) is 2. The molecule has 1 fully saturated rings. The van der Waals surface area contributed by atoms with E-state index >= 15 is 0 Å². The predicted molar refractivity (Wildman–Crippen MR) is 169 cm³/mol. The molecule has 1 saturated heterocycles. The van der Waals surface area contributed by atoms with E-state index in [0.29, 0.717) is 30.5 Å².